The van der Waals surface area contributed by atoms with E-state index in [9.17, 15) is 22.8 Å². The predicted octanol–water partition coefficient (Wildman–Crippen LogP) is 4.26. The van der Waals surface area contributed by atoms with Gasteiger partial charge < -0.3 is 10.6 Å². The van der Waals surface area contributed by atoms with Gasteiger partial charge in [0.05, 0.1) is 12.0 Å². The van der Waals surface area contributed by atoms with Crippen molar-refractivity contribution in [3.63, 3.8) is 0 Å². The highest BCUT2D eigenvalue weighted by atomic mass is 19.4. The maximum Gasteiger partial charge on any atom is 0.416 e. The topological polar surface area (TPSA) is 58.2 Å². The third-order valence-corrected chi connectivity index (χ3v) is 5.00. The molecule has 7 heteroatoms. The first-order valence-corrected chi connectivity index (χ1v) is 9.94. The van der Waals surface area contributed by atoms with Crippen LogP contribution in [0.25, 0.3) is 10.8 Å². The van der Waals surface area contributed by atoms with Crippen molar-refractivity contribution >= 4 is 22.6 Å². The first-order chi connectivity index (χ1) is 14.7. The summed E-state index contributed by atoms with van der Waals surface area (Å²) in [7, 11) is 0. The highest BCUT2D eigenvalue weighted by Gasteiger charge is 2.29. The van der Waals surface area contributed by atoms with Crippen LogP contribution in [0.5, 0.6) is 0 Å². The van der Waals surface area contributed by atoms with Gasteiger partial charge in [0.25, 0.3) is 0 Å². The number of fused-ring (bicyclic) bond motifs is 1. The maximum atomic E-state index is 12.6. The molecule has 0 aliphatic carbocycles. The van der Waals surface area contributed by atoms with Gasteiger partial charge in [-0.15, -0.1) is 0 Å². The minimum Gasteiger partial charge on any atom is -0.354 e. The largest absolute Gasteiger partial charge is 0.416 e. The number of rotatable bonds is 7. The predicted molar refractivity (Wildman–Crippen MR) is 113 cm³/mol. The molecule has 0 aliphatic heterocycles. The van der Waals surface area contributed by atoms with Crippen molar-refractivity contribution < 1.29 is 22.8 Å². The normalized spacial score (nSPS) is 12.4. The lowest BCUT2D eigenvalue weighted by atomic mass is 10.0. The number of benzene rings is 3. The Morgan fingerprint density at radius 3 is 2.32 bits per heavy atom. The van der Waals surface area contributed by atoms with Gasteiger partial charge in [-0.2, -0.15) is 13.2 Å². The zero-order valence-corrected chi connectivity index (χ0v) is 17.0. The van der Waals surface area contributed by atoms with E-state index in [1.165, 1.54) is 12.1 Å². The van der Waals surface area contributed by atoms with Crippen LogP contribution in [0.1, 0.15) is 23.6 Å². The summed E-state index contributed by atoms with van der Waals surface area (Å²) in [4.78, 5) is 24.6. The van der Waals surface area contributed by atoms with E-state index < -0.39 is 17.8 Å². The van der Waals surface area contributed by atoms with E-state index in [4.69, 9.17) is 0 Å². The summed E-state index contributed by atoms with van der Waals surface area (Å²) in [6.45, 7) is 1.85. The van der Waals surface area contributed by atoms with Crippen LogP contribution >= 0.6 is 0 Å². The second kappa shape index (κ2) is 9.64. The summed E-state index contributed by atoms with van der Waals surface area (Å²) < 4.78 is 37.8. The molecule has 2 N–H and O–H groups in total. The van der Waals surface area contributed by atoms with Crippen molar-refractivity contribution in [3.8, 4) is 0 Å². The number of carbonyl (C=O) groups excluding carboxylic acids is 2. The summed E-state index contributed by atoms with van der Waals surface area (Å²) in [6.07, 6.45) is -3.82. The lowest BCUT2D eigenvalue weighted by molar-refractivity contribution is -0.137. The molecule has 31 heavy (non-hydrogen) atoms. The summed E-state index contributed by atoms with van der Waals surface area (Å²) in [5, 5.41) is 7.43. The van der Waals surface area contributed by atoms with E-state index in [1.54, 1.807) is 6.92 Å². The quantitative estimate of drug-likeness (QED) is 0.591. The molecular weight excluding hydrogens is 405 g/mol. The molecule has 162 valence electrons. The number of alkyl halides is 3. The number of carbonyl (C=O) groups is 2. The Hall–Kier alpha value is -3.35. The van der Waals surface area contributed by atoms with Crippen LogP contribution in [0.15, 0.2) is 66.7 Å². The summed E-state index contributed by atoms with van der Waals surface area (Å²) in [6, 6.07) is 17.6. The SMILES string of the molecule is C[C@H](NC(=O)Cc1cccc2ccccc12)C(=O)NCCc1ccc(C(F)(F)F)cc1. The molecule has 3 aromatic carbocycles. The molecular formula is C24H23F3N2O2. The molecule has 4 nitrogen and oxygen atoms in total. The molecule has 0 bridgehead atoms. The van der Waals surface area contributed by atoms with Crippen molar-refractivity contribution in [2.45, 2.75) is 32.0 Å². The minimum absolute atomic E-state index is 0.157. The molecule has 0 fully saturated rings. The highest BCUT2D eigenvalue weighted by molar-refractivity contribution is 5.92. The molecule has 0 aromatic heterocycles. The van der Waals surface area contributed by atoms with E-state index in [-0.39, 0.29) is 24.8 Å². The van der Waals surface area contributed by atoms with Gasteiger partial charge in [0.15, 0.2) is 0 Å². The maximum absolute atomic E-state index is 12.6. The average Bonchev–Trinajstić information content (AvgIpc) is 2.73. The van der Waals surface area contributed by atoms with Crippen molar-refractivity contribution in [2.75, 3.05) is 6.54 Å². The number of nitrogens with one attached hydrogen (secondary N) is 2. The average molecular weight is 428 g/mol. The van der Waals surface area contributed by atoms with Crippen LogP contribution in [0, 0.1) is 0 Å². The first kappa shape index (κ1) is 22.3. The molecule has 3 rings (SSSR count). The van der Waals surface area contributed by atoms with Gasteiger partial charge in [-0.3, -0.25) is 9.59 Å². The zero-order chi connectivity index (χ0) is 22.4. The van der Waals surface area contributed by atoms with Crippen molar-refractivity contribution in [1.29, 1.82) is 0 Å². The number of hydrogen-bond acceptors (Lipinski definition) is 2. The Morgan fingerprint density at radius 2 is 1.61 bits per heavy atom. The Kier molecular flexibility index (Phi) is 6.95. The smallest absolute Gasteiger partial charge is 0.354 e. The van der Waals surface area contributed by atoms with Gasteiger partial charge in [0.1, 0.15) is 6.04 Å². The van der Waals surface area contributed by atoms with Gasteiger partial charge in [-0.05, 0) is 47.4 Å². The van der Waals surface area contributed by atoms with Crippen LogP contribution in [0.3, 0.4) is 0 Å². The van der Waals surface area contributed by atoms with Crippen LogP contribution in [0.2, 0.25) is 0 Å². The van der Waals surface area contributed by atoms with Crippen LogP contribution < -0.4 is 10.6 Å². The fourth-order valence-electron chi connectivity index (χ4n) is 3.32. The van der Waals surface area contributed by atoms with Gasteiger partial charge >= 0.3 is 6.18 Å². The van der Waals surface area contributed by atoms with E-state index in [0.717, 1.165) is 28.5 Å². The lowest BCUT2D eigenvalue weighted by Gasteiger charge is -2.15. The number of hydrogen-bond donors (Lipinski definition) is 2. The third-order valence-electron chi connectivity index (χ3n) is 5.00. The monoisotopic (exact) mass is 428 g/mol. The summed E-state index contributed by atoms with van der Waals surface area (Å²) >= 11 is 0. The fourth-order valence-corrected chi connectivity index (χ4v) is 3.32. The zero-order valence-electron chi connectivity index (χ0n) is 17.0. The molecule has 2 amide bonds. The van der Waals surface area contributed by atoms with Crippen LogP contribution in [-0.4, -0.2) is 24.4 Å². The standard InChI is InChI=1S/C24H23F3N2O2/c1-16(23(31)28-14-13-17-9-11-20(12-10-17)24(25,26)27)29-22(30)15-19-7-4-6-18-5-2-3-8-21(18)19/h2-12,16H,13-15H2,1H3,(H,28,31)(H,29,30)/t16-/m0/s1. The first-order valence-electron chi connectivity index (χ1n) is 9.94. The molecule has 0 heterocycles. The van der Waals surface area contributed by atoms with Gasteiger partial charge in [-0.25, -0.2) is 0 Å². The highest BCUT2D eigenvalue weighted by Crippen LogP contribution is 2.29. The molecule has 0 spiro atoms. The van der Waals surface area contributed by atoms with Crippen LogP contribution in [0.4, 0.5) is 13.2 Å². The Morgan fingerprint density at radius 1 is 0.935 bits per heavy atom. The molecule has 0 unspecified atom stereocenters. The molecule has 0 saturated carbocycles. The van der Waals surface area contributed by atoms with E-state index >= 15 is 0 Å². The van der Waals surface area contributed by atoms with E-state index in [0.29, 0.717) is 12.0 Å². The van der Waals surface area contributed by atoms with Crippen molar-refractivity contribution in [3.05, 3.63) is 83.4 Å². The number of halogens is 3. The Labute approximate surface area is 178 Å². The molecule has 0 radical (unpaired) electrons. The Balaban J connectivity index is 1.47. The molecule has 0 aliphatic rings. The second-order valence-electron chi connectivity index (χ2n) is 7.34. The van der Waals surface area contributed by atoms with Crippen molar-refractivity contribution in [1.82, 2.24) is 10.6 Å². The minimum atomic E-state index is -4.37. The Bertz CT molecular complexity index is 1060. The van der Waals surface area contributed by atoms with Crippen molar-refractivity contribution in [2.24, 2.45) is 0 Å². The van der Waals surface area contributed by atoms with E-state index in [2.05, 4.69) is 10.6 Å². The van der Waals surface area contributed by atoms with Gasteiger partial charge in [-0.1, -0.05) is 54.6 Å². The number of amides is 2. The van der Waals surface area contributed by atoms with Gasteiger partial charge in [0.2, 0.25) is 11.8 Å². The lowest BCUT2D eigenvalue weighted by Crippen LogP contribution is -2.45. The molecule has 0 saturated heterocycles. The summed E-state index contributed by atoms with van der Waals surface area (Å²) in [5.74, 6) is -0.611. The fraction of sp³-hybridized carbons (Fsp3) is 0.250. The third kappa shape index (κ3) is 6.07. The second-order valence-corrected chi connectivity index (χ2v) is 7.34. The van der Waals surface area contributed by atoms with E-state index in [1.807, 2.05) is 42.5 Å². The molecule has 1 atom stereocenters. The van der Waals surface area contributed by atoms with Crippen LogP contribution in [-0.2, 0) is 28.6 Å². The van der Waals surface area contributed by atoms with Gasteiger partial charge in [0, 0.05) is 6.54 Å². The summed E-state index contributed by atoms with van der Waals surface area (Å²) in [5.41, 5.74) is 0.856. The molecule has 3 aromatic rings.